The maximum atomic E-state index is 13.9. The fraction of sp³-hybridized carbons (Fsp3) is 0.417. The Morgan fingerprint density at radius 2 is 1.22 bits per heavy atom. The minimum Gasteiger partial charge on any atom is -0.496 e. The lowest BCUT2D eigenvalue weighted by molar-refractivity contribution is -0.143. The Morgan fingerprint density at radius 1 is 0.778 bits per heavy atom. The van der Waals surface area contributed by atoms with Crippen LogP contribution in [0.25, 0.3) is 0 Å². The third-order valence-corrected chi connectivity index (χ3v) is 8.51. The summed E-state index contributed by atoms with van der Waals surface area (Å²) in [7, 11) is 1.10. The quantitative estimate of drug-likeness (QED) is 0.265. The van der Waals surface area contributed by atoms with Gasteiger partial charge < -0.3 is 14.2 Å². The van der Waals surface area contributed by atoms with Gasteiger partial charge in [-0.25, -0.2) is 0 Å². The van der Waals surface area contributed by atoms with Crippen LogP contribution in [0, 0.1) is 0 Å². The maximum Gasteiger partial charge on any atom is 0.417 e. The summed E-state index contributed by atoms with van der Waals surface area (Å²) in [6.45, 7) is 0. The average Bonchev–Trinajstić information content (AvgIpc) is 3.35. The third-order valence-electron chi connectivity index (χ3n) is 5.95. The molecule has 0 bridgehead atoms. The van der Waals surface area contributed by atoms with Gasteiger partial charge in [-0.1, -0.05) is 18.9 Å². The molecule has 0 saturated heterocycles. The van der Waals surface area contributed by atoms with Crippen molar-refractivity contribution in [2.45, 2.75) is 43.7 Å². The first-order chi connectivity index (χ1) is 16.8. The number of hydrogen-bond acceptors (Lipinski definition) is 5. The van der Waals surface area contributed by atoms with Gasteiger partial charge in [0.1, 0.15) is 22.8 Å². The predicted octanol–water partition coefficient (Wildman–Crippen LogP) is 7.16. The molecule has 0 spiro atoms. The highest BCUT2D eigenvalue weighted by atomic mass is 31.1. The van der Waals surface area contributed by atoms with Crippen molar-refractivity contribution in [1.29, 1.82) is 0 Å². The normalized spacial score (nSPS) is 15.5. The van der Waals surface area contributed by atoms with E-state index in [1.54, 1.807) is 0 Å². The standard InChI is InChI=1S/C24H23F6O5P/c1-33-13-11-17(34-2)20(18(12-13)35-3)22(32)36(14-7-4-5-8-14)21(31)19-15(23(25,26)27)9-6-10-16(19)24(28,29)30/h6,9-12,14H,4-5,7-8H2,1-3H3. The highest BCUT2D eigenvalue weighted by Crippen LogP contribution is 2.57. The van der Waals surface area contributed by atoms with Gasteiger partial charge >= 0.3 is 12.4 Å². The van der Waals surface area contributed by atoms with E-state index in [1.165, 1.54) is 33.5 Å². The van der Waals surface area contributed by atoms with Crippen molar-refractivity contribution in [3.8, 4) is 17.2 Å². The van der Waals surface area contributed by atoms with Gasteiger partial charge in [-0.05, 0) is 30.6 Å². The Morgan fingerprint density at radius 3 is 1.61 bits per heavy atom. The third kappa shape index (κ3) is 5.45. The summed E-state index contributed by atoms with van der Waals surface area (Å²) < 4.78 is 98.5. The number of alkyl halides is 6. The molecule has 12 heteroatoms. The molecule has 0 aromatic heterocycles. The van der Waals surface area contributed by atoms with Crippen molar-refractivity contribution >= 4 is 19.0 Å². The van der Waals surface area contributed by atoms with E-state index < -0.39 is 53.7 Å². The molecule has 5 nitrogen and oxygen atoms in total. The van der Waals surface area contributed by atoms with Crippen LogP contribution in [0.15, 0.2) is 30.3 Å². The molecule has 36 heavy (non-hydrogen) atoms. The second kappa shape index (κ2) is 10.7. The summed E-state index contributed by atoms with van der Waals surface area (Å²) in [6.07, 6.45) is -8.68. The zero-order chi connectivity index (χ0) is 26.8. The number of methoxy groups -OCH3 is 3. The van der Waals surface area contributed by atoms with Crippen LogP contribution in [0.1, 0.15) is 57.5 Å². The first kappa shape index (κ1) is 27.8. The summed E-state index contributed by atoms with van der Waals surface area (Å²) in [5, 5.41) is 0. The number of carbonyl (C=O) groups is 2. The molecule has 0 radical (unpaired) electrons. The van der Waals surface area contributed by atoms with E-state index in [0.29, 0.717) is 43.9 Å². The number of rotatable bonds is 8. The van der Waals surface area contributed by atoms with E-state index in [-0.39, 0.29) is 22.8 Å². The predicted molar refractivity (Wildman–Crippen MR) is 120 cm³/mol. The summed E-state index contributed by atoms with van der Waals surface area (Å²) in [6, 6.07) is 4.09. The van der Waals surface area contributed by atoms with Crippen molar-refractivity contribution in [3.05, 3.63) is 52.6 Å². The molecular weight excluding hydrogens is 513 g/mol. The summed E-state index contributed by atoms with van der Waals surface area (Å²) in [4.78, 5) is 27.6. The van der Waals surface area contributed by atoms with Crippen LogP contribution in [0.4, 0.5) is 26.3 Å². The van der Waals surface area contributed by atoms with Gasteiger partial charge in [0.05, 0.1) is 32.5 Å². The van der Waals surface area contributed by atoms with Gasteiger partial charge in [-0.3, -0.25) is 9.59 Å². The molecule has 0 heterocycles. The van der Waals surface area contributed by atoms with Gasteiger partial charge in [-0.15, -0.1) is 0 Å². The minimum absolute atomic E-state index is 0.0744. The minimum atomic E-state index is -5.25. The van der Waals surface area contributed by atoms with E-state index in [1.807, 2.05) is 0 Å². The number of halogens is 6. The zero-order valence-corrected chi connectivity index (χ0v) is 20.4. The van der Waals surface area contributed by atoms with E-state index in [2.05, 4.69) is 0 Å². The Bertz CT molecular complexity index is 1080. The molecule has 3 rings (SSSR count). The van der Waals surface area contributed by atoms with Gasteiger partial charge in [0.2, 0.25) is 0 Å². The molecule has 1 aliphatic rings. The molecule has 1 unspecified atom stereocenters. The lowest BCUT2D eigenvalue weighted by Crippen LogP contribution is -2.23. The van der Waals surface area contributed by atoms with Crippen molar-refractivity contribution in [2.75, 3.05) is 21.3 Å². The molecule has 2 aromatic rings. The first-order valence-electron chi connectivity index (χ1n) is 10.8. The van der Waals surface area contributed by atoms with Gasteiger partial charge in [0.15, 0.2) is 11.0 Å². The summed E-state index contributed by atoms with van der Waals surface area (Å²) >= 11 is 0. The second-order valence-electron chi connectivity index (χ2n) is 8.05. The lowest BCUT2D eigenvalue weighted by atomic mass is 10.0. The second-order valence-corrected chi connectivity index (χ2v) is 10.3. The van der Waals surface area contributed by atoms with Crippen LogP contribution in [0.3, 0.4) is 0 Å². The molecule has 1 atom stereocenters. The van der Waals surface area contributed by atoms with Crippen molar-refractivity contribution < 1.29 is 50.1 Å². The van der Waals surface area contributed by atoms with Crippen LogP contribution in [-0.2, 0) is 12.4 Å². The molecule has 2 aromatic carbocycles. The molecule has 0 N–H and O–H groups in total. The molecule has 1 saturated carbocycles. The van der Waals surface area contributed by atoms with Crippen LogP contribution in [-0.4, -0.2) is 38.0 Å². The molecule has 0 aliphatic heterocycles. The number of ether oxygens (including phenoxy) is 3. The van der Waals surface area contributed by atoms with Crippen LogP contribution in [0.2, 0.25) is 0 Å². The van der Waals surface area contributed by atoms with Crippen LogP contribution >= 0.6 is 7.92 Å². The summed E-state index contributed by atoms with van der Waals surface area (Å²) in [5.74, 6) is 0.0860. The van der Waals surface area contributed by atoms with Gasteiger partial charge in [0, 0.05) is 25.6 Å². The monoisotopic (exact) mass is 536 g/mol. The summed E-state index contributed by atoms with van der Waals surface area (Å²) in [5.41, 5.74) is -8.30. The van der Waals surface area contributed by atoms with Crippen molar-refractivity contribution in [1.82, 2.24) is 0 Å². The van der Waals surface area contributed by atoms with Crippen molar-refractivity contribution in [3.63, 3.8) is 0 Å². The maximum absolute atomic E-state index is 13.9. The fourth-order valence-electron chi connectivity index (χ4n) is 4.30. The van der Waals surface area contributed by atoms with E-state index >= 15 is 0 Å². The fourth-order valence-corrected chi connectivity index (χ4v) is 6.97. The number of carbonyl (C=O) groups excluding carboxylic acids is 2. The van der Waals surface area contributed by atoms with E-state index in [4.69, 9.17) is 14.2 Å². The Hall–Kier alpha value is -2.81. The van der Waals surface area contributed by atoms with Gasteiger partial charge in [-0.2, -0.15) is 26.3 Å². The zero-order valence-electron chi connectivity index (χ0n) is 19.5. The van der Waals surface area contributed by atoms with E-state index in [9.17, 15) is 35.9 Å². The Balaban J connectivity index is 2.28. The van der Waals surface area contributed by atoms with Gasteiger partial charge in [0.25, 0.3) is 0 Å². The molecule has 1 fully saturated rings. The largest absolute Gasteiger partial charge is 0.496 e. The average molecular weight is 536 g/mol. The van der Waals surface area contributed by atoms with Crippen molar-refractivity contribution in [2.24, 2.45) is 0 Å². The highest BCUT2D eigenvalue weighted by Gasteiger charge is 2.47. The highest BCUT2D eigenvalue weighted by molar-refractivity contribution is 7.90. The SMILES string of the molecule is COc1cc(OC)c(C(=O)P(C(=O)c2c(C(F)(F)F)cccc2C(F)(F)F)C2CCCC2)c(OC)c1. The number of benzene rings is 2. The van der Waals surface area contributed by atoms with E-state index in [0.717, 1.165) is 0 Å². The Kier molecular flexibility index (Phi) is 8.23. The molecular formula is C24H23F6O5P. The topological polar surface area (TPSA) is 61.8 Å². The first-order valence-corrected chi connectivity index (χ1v) is 12.2. The lowest BCUT2D eigenvalue weighted by Gasteiger charge is -2.26. The number of hydrogen-bond donors (Lipinski definition) is 0. The Labute approximate surface area is 204 Å². The molecule has 1 aliphatic carbocycles. The van der Waals surface area contributed by atoms with Crippen LogP contribution < -0.4 is 14.2 Å². The molecule has 196 valence electrons. The van der Waals surface area contributed by atoms with Crippen LogP contribution in [0.5, 0.6) is 17.2 Å². The molecule has 0 amide bonds. The smallest absolute Gasteiger partial charge is 0.417 e.